The zero-order chi connectivity index (χ0) is 10.8. The Kier molecular flexibility index (Phi) is 3.44. The topological polar surface area (TPSA) is 58.0 Å². The highest BCUT2D eigenvalue weighted by atomic mass is 32.1. The average Bonchev–Trinajstić information content (AvgIpc) is 2.50. The van der Waals surface area contributed by atoms with Gasteiger partial charge in [0, 0.05) is 0 Å². The highest BCUT2D eigenvalue weighted by Gasteiger charge is 2.28. The first-order valence-electron chi connectivity index (χ1n) is 4.67. The van der Waals surface area contributed by atoms with E-state index in [1.807, 2.05) is 13.8 Å². The first kappa shape index (κ1) is 11.4. The van der Waals surface area contributed by atoms with Crippen LogP contribution in [0.25, 0.3) is 0 Å². The number of nitrogens with one attached hydrogen (secondary N) is 1. The molecule has 14 heavy (non-hydrogen) atoms. The fraction of sp³-hybridized carbons (Fsp3) is 0.778. The maximum atomic E-state index is 9.32. The van der Waals surface area contributed by atoms with Gasteiger partial charge in [0.25, 0.3) is 0 Å². The highest BCUT2D eigenvalue weighted by Crippen LogP contribution is 2.24. The van der Waals surface area contributed by atoms with E-state index in [-0.39, 0.29) is 12.1 Å². The van der Waals surface area contributed by atoms with Crippen molar-refractivity contribution in [3.63, 3.8) is 0 Å². The van der Waals surface area contributed by atoms with Crippen molar-refractivity contribution >= 4 is 16.5 Å². The number of aromatic nitrogens is 2. The third-order valence-electron chi connectivity index (χ3n) is 2.52. The Morgan fingerprint density at radius 2 is 2.14 bits per heavy atom. The van der Waals surface area contributed by atoms with Crippen LogP contribution < -0.4 is 5.32 Å². The quantitative estimate of drug-likeness (QED) is 0.802. The lowest BCUT2D eigenvalue weighted by molar-refractivity contribution is 0.185. The summed E-state index contributed by atoms with van der Waals surface area (Å²) in [6.45, 7) is 8.11. The first-order chi connectivity index (χ1) is 6.48. The molecule has 0 aromatic carbocycles. The number of aliphatic hydroxyl groups excluding tert-OH is 1. The third-order valence-corrected chi connectivity index (χ3v) is 3.28. The minimum Gasteiger partial charge on any atom is -0.394 e. The minimum absolute atomic E-state index is 0.0866. The van der Waals surface area contributed by atoms with Crippen LogP contribution in [-0.4, -0.2) is 27.4 Å². The van der Waals surface area contributed by atoms with Crippen LogP contribution in [0.2, 0.25) is 0 Å². The molecule has 2 N–H and O–H groups in total. The minimum atomic E-state index is -0.327. The summed E-state index contributed by atoms with van der Waals surface area (Å²) >= 11 is 1.50. The lowest BCUT2D eigenvalue weighted by atomic mass is 9.90. The van der Waals surface area contributed by atoms with Crippen LogP contribution in [0.5, 0.6) is 0 Å². The second kappa shape index (κ2) is 4.23. The van der Waals surface area contributed by atoms with Crippen LogP contribution in [0.15, 0.2) is 0 Å². The molecule has 1 atom stereocenters. The molecule has 1 unspecified atom stereocenters. The van der Waals surface area contributed by atoms with Crippen molar-refractivity contribution < 1.29 is 5.11 Å². The van der Waals surface area contributed by atoms with Gasteiger partial charge in [-0.1, -0.05) is 25.2 Å². The molecule has 1 aromatic heterocycles. The maximum Gasteiger partial charge on any atom is 0.206 e. The van der Waals surface area contributed by atoms with Crippen LogP contribution in [0.1, 0.15) is 25.8 Å². The molecule has 1 heterocycles. The predicted octanol–water partition coefficient (Wildman–Crippen LogP) is 1.67. The van der Waals surface area contributed by atoms with Crippen molar-refractivity contribution in [1.29, 1.82) is 0 Å². The fourth-order valence-electron chi connectivity index (χ4n) is 0.958. The Hall–Kier alpha value is -0.680. The summed E-state index contributed by atoms with van der Waals surface area (Å²) < 4.78 is 0. The number of hydrogen-bond donors (Lipinski definition) is 2. The molecule has 0 aliphatic heterocycles. The summed E-state index contributed by atoms with van der Waals surface area (Å²) in [4.78, 5) is 0. The molecular formula is C9H17N3OS. The highest BCUT2D eigenvalue weighted by molar-refractivity contribution is 7.15. The van der Waals surface area contributed by atoms with Crippen molar-refractivity contribution in [3.05, 3.63) is 5.01 Å². The van der Waals surface area contributed by atoms with Crippen molar-refractivity contribution in [2.45, 2.75) is 33.2 Å². The molecule has 80 valence electrons. The average molecular weight is 215 g/mol. The first-order valence-corrected chi connectivity index (χ1v) is 5.49. The number of aryl methyl sites for hydroxylation is 1. The summed E-state index contributed by atoms with van der Waals surface area (Å²) in [6, 6.07) is 0. The zero-order valence-corrected chi connectivity index (χ0v) is 9.85. The van der Waals surface area contributed by atoms with Gasteiger partial charge in [0.1, 0.15) is 5.01 Å². The van der Waals surface area contributed by atoms with Gasteiger partial charge in [-0.15, -0.1) is 10.2 Å². The van der Waals surface area contributed by atoms with Gasteiger partial charge in [-0.25, -0.2) is 0 Å². The van der Waals surface area contributed by atoms with Crippen molar-refractivity contribution in [3.8, 4) is 0 Å². The number of aliphatic hydroxyl groups is 1. The Labute approximate surface area is 88.4 Å². The van der Waals surface area contributed by atoms with Gasteiger partial charge in [0.2, 0.25) is 5.13 Å². The number of hydrogen-bond acceptors (Lipinski definition) is 5. The Morgan fingerprint density at radius 1 is 1.50 bits per heavy atom. The number of nitrogens with zero attached hydrogens (tertiary/aromatic N) is 2. The molecule has 0 fully saturated rings. The molecule has 0 aliphatic rings. The van der Waals surface area contributed by atoms with Crippen LogP contribution in [0, 0.1) is 12.8 Å². The van der Waals surface area contributed by atoms with Gasteiger partial charge in [0.05, 0.1) is 12.1 Å². The van der Waals surface area contributed by atoms with Gasteiger partial charge >= 0.3 is 0 Å². The van der Waals surface area contributed by atoms with Crippen molar-refractivity contribution in [1.82, 2.24) is 10.2 Å². The van der Waals surface area contributed by atoms with Gasteiger partial charge < -0.3 is 10.4 Å². The molecular weight excluding hydrogens is 198 g/mol. The largest absolute Gasteiger partial charge is 0.394 e. The third kappa shape index (κ3) is 2.42. The summed E-state index contributed by atoms with van der Waals surface area (Å²) in [5, 5.41) is 22.1. The lowest BCUT2D eigenvalue weighted by Crippen LogP contribution is -2.43. The van der Waals surface area contributed by atoms with Gasteiger partial charge in [-0.05, 0) is 19.8 Å². The molecule has 1 aromatic rings. The van der Waals surface area contributed by atoms with E-state index in [0.717, 1.165) is 10.1 Å². The summed E-state index contributed by atoms with van der Waals surface area (Å²) in [7, 11) is 0. The van der Waals surface area contributed by atoms with Crippen LogP contribution in [0.3, 0.4) is 0 Å². The van der Waals surface area contributed by atoms with E-state index in [0.29, 0.717) is 5.92 Å². The molecule has 0 amide bonds. The second-order valence-electron chi connectivity index (χ2n) is 3.98. The smallest absolute Gasteiger partial charge is 0.206 e. The second-order valence-corrected chi connectivity index (χ2v) is 5.16. The Morgan fingerprint density at radius 3 is 2.50 bits per heavy atom. The van der Waals surface area contributed by atoms with Gasteiger partial charge in [-0.3, -0.25) is 0 Å². The SMILES string of the molecule is Cc1nnc(NC(C)(CO)C(C)C)s1. The molecule has 5 heteroatoms. The molecule has 0 saturated heterocycles. The van der Waals surface area contributed by atoms with Crippen molar-refractivity contribution in [2.75, 3.05) is 11.9 Å². The molecule has 1 rings (SSSR count). The van der Waals surface area contributed by atoms with E-state index in [2.05, 4.69) is 29.4 Å². The van der Waals surface area contributed by atoms with E-state index in [1.165, 1.54) is 11.3 Å². The molecule has 0 radical (unpaired) electrons. The van der Waals surface area contributed by atoms with Crippen LogP contribution in [0.4, 0.5) is 5.13 Å². The van der Waals surface area contributed by atoms with E-state index < -0.39 is 0 Å². The normalized spacial score (nSPS) is 15.6. The molecule has 0 saturated carbocycles. The number of rotatable bonds is 4. The Balaban J connectivity index is 2.75. The summed E-state index contributed by atoms with van der Waals surface area (Å²) in [5.74, 6) is 0.330. The van der Waals surface area contributed by atoms with E-state index in [9.17, 15) is 5.11 Å². The Bertz CT molecular complexity index is 300. The van der Waals surface area contributed by atoms with Crippen molar-refractivity contribution in [2.24, 2.45) is 5.92 Å². The lowest BCUT2D eigenvalue weighted by Gasteiger charge is -2.32. The van der Waals surface area contributed by atoms with E-state index in [4.69, 9.17) is 0 Å². The summed E-state index contributed by atoms with van der Waals surface area (Å²) in [6.07, 6.45) is 0. The molecule has 0 bridgehead atoms. The molecule has 4 nitrogen and oxygen atoms in total. The summed E-state index contributed by atoms with van der Waals surface area (Å²) in [5.41, 5.74) is -0.327. The zero-order valence-electron chi connectivity index (χ0n) is 9.03. The predicted molar refractivity (Wildman–Crippen MR) is 58.6 cm³/mol. The number of anilines is 1. The standard InChI is InChI=1S/C9H17N3OS/c1-6(2)9(4,5-13)10-8-12-11-7(3)14-8/h6,13H,5H2,1-4H3,(H,10,12). The van der Waals surface area contributed by atoms with Crippen LogP contribution in [-0.2, 0) is 0 Å². The van der Waals surface area contributed by atoms with Gasteiger partial charge in [-0.2, -0.15) is 0 Å². The fourth-order valence-corrected chi connectivity index (χ4v) is 1.69. The monoisotopic (exact) mass is 215 g/mol. The molecule has 0 aliphatic carbocycles. The van der Waals surface area contributed by atoms with Crippen LogP contribution >= 0.6 is 11.3 Å². The van der Waals surface area contributed by atoms with Gasteiger partial charge in [0.15, 0.2) is 0 Å². The van der Waals surface area contributed by atoms with E-state index in [1.54, 1.807) is 0 Å². The molecule has 0 spiro atoms. The van der Waals surface area contributed by atoms with E-state index >= 15 is 0 Å². The maximum absolute atomic E-state index is 9.32.